The number of hydrogen-bond acceptors (Lipinski definition) is 4. The Kier molecular flexibility index (Phi) is 4.12. The van der Waals surface area contributed by atoms with Crippen molar-refractivity contribution in [3.05, 3.63) is 35.4 Å². The van der Waals surface area contributed by atoms with Crippen LogP contribution in [0.15, 0.2) is 24.3 Å². The molecule has 0 aliphatic carbocycles. The molecule has 0 amide bonds. The quantitative estimate of drug-likeness (QED) is 0.916. The van der Waals surface area contributed by atoms with Crippen molar-refractivity contribution in [1.29, 1.82) is 0 Å². The van der Waals surface area contributed by atoms with Gasteiger partial charge < -0.3 is 14.8 Å². The predicted octanol–water partition coefficient (Wildman–Crippen LogP) is 2.37. The zero-order valence-corrected chi connectivity index (χ0v) is 12.2. The maximum Gasteiger partial charge on any atom is 0.106 e. The summed E-state index contributed by atoms with van der Waals surface area (Å²) in [7, 11) is 1.79. The molecule has 19 heavy (non-hydrogen) atoms. The van der Waals surface area contributed by atoms with E-state index in [0.29, 0.717) is 12.6 Å². The van der Waals surface area contributed by atoms with E-state index in [9.17, 15) is 0 Å². The number of benzene rings is 1. The van der Waals surface area contributed by atoms with Gasteiger partial charge in [-0.05, 0) is 11.1 Å². The molecule has 2 atom stereocenters. The third-order valence-electron chi connectivity index (χ3n) is 4.14. The number of ether oxygens (including phenoxy) is 2. The summed E-state index contributed by atoms with van der Waals surface area (Å²) in [6, 6.07) is 9.18. The van der Waals surface area contributed by atoms with Crippen LogP contribution < -0.4 is 5.32 Å². The zero-order chi connectivity index (χ0) is 13.1. The first-order valence-electron chi connectivity index (χ1n) is 6.85. The van der Waals surface area contributed by atoms with Crippen LogP contribution in [0.5, 0.6) is 0 Å². The van der Waals surface area contributed by atoms with E-state index in [2.05, 4.69) is 29.6 Å². The number of thioether (sulfide) groups is 1. The molecule has 0 bridgehead atoms. The summed E-state index contributed by atoms with van der Waals surface area (Å²) in [6.07, 6.45) is 0.984. The maximum atomic E-state index is 5.68. The lowest BCUT2D eigenvalue weighted by molar-refractivity contribution is -0.0171. The van der Waals surface area contributed by atoms with Gasteiger partial charge in [-0.3, -0.25) is 0 Å². The summed E-state index contributed by atoms with van der Waals surface area (Å²) >= 11 is 2.00. The van der Waals surface area contributed by atoms with Crippen molar-refractivity contribution >= 4 is 11.8 Å². The van der Waals surface area contributed by atoms with Gasteiger partial charge in [0.05, 0.1) is 6.61 Å². The summed E-state index contributed by atoms with van der Waals surface area (Å²) in [4.78, 5) is 0. The molecule has 4 heteroatoms. The molecule has 0 radical (unpaired) electrons. The van der Waals surface area contributed by atoms with Crippen molar-refractivity contribution in [2.75, 3.05) is 32.6 Å². The van der Waals surface area contributed by atoms with Crippen LogP contribution in [0.4, 0.5) is 0 Å². The molecule has 2 unspecified atom stereocenters. The first-order chi connectivity index (χ1) is 9.33. The van der Waals surface area contributed by atoms with Gasteiger partial charge in [0.15, 0.2) is 0 Å². The SMILES string of the molecule is COC1(CNC2CSCc3ccccc32)CCOC1. The second kappa shape index (κ2) is 5.83. The third kappa shape index (κ3) is 2.82. The van der Waals surface area contributed by atoms with E-state index in [1.165, 1.54) is 11.1 Å². The summed E-state index contributed by atoms with van der Waals surface area (Å²) in [5.41, 5.74) is 2.79. The fraction of sp³-hybridized carbons (Fsp3) is 0.600. The summed E-state index contributed by atoms with van der Waals surface area (Å²) < 4.78 is 11.2. The van der Waals surface area contributed by atoms with Crippen LogP contribution in [0.3, 0.4) is 0 Å². The molecule has 1 saturated heterocycles. The smallest absolute Gasteiger partial charge is 0.106 e. The highest BCUT2D eigenvalue weighted by Crippen LogP contribution is 2.32. The molecule has 0 saturated carbocycles. The molecule has 2 aliphatic heterocycles. The Labute approximate surface area is 119 Å². The molecular weight excluding hydrogens is 258 g/mol. The topological polar surface area (TPSA) is 30.5 Å². The van der Waals surface area contributed by atoms with Crippen molar-refractivity contribution in [2.45, 2.75) is 23.8 Å². The van der Waals surface area contributed by atoms with E-state index in [1.807, 2.05) is 11.8 Å². The van der Waals surface area contributed by atoms with Gasteiger partial charge in [0.25, 0.3) is 0 Å². The van der Waals surface area contributed by atoms with E-state index < -0.39 is 0 Å². The average molecular weight is 279 g/mol. The fourth-order valence-electron chi connectivity index (χ4n) is 2.82. The Hall–Kier alpha value is -0.550. The van der Waals surface area contributed by atoms with Gasteiger partial charge in [-0.1, -0.05) is 24.3 Å². The second-order valence-corrected chi connectivity index (χ2v) is 6.37. The minimum absolute atomic E-state index is 0.128. The average Bonchev–Trinajstić information content (AvgIpc) is 2.94. The lowest BCUT2D eigenvalue weighted by Crippen LogP contribution is -2.45. The van der Waals surface area contributed by atoms with Gasteiger partial charge in [-0.25, -0.2) is 0 Å². The largest absolute Gasteiger partial charge is 0.378 e. The summed E-state index contributed by atoms with van der Waals surface area (Å²) in [5, 5.41) is 3.69. The number of hydrogen-bond donors (Lipinski definition) is 1. The Morgan fingerprint density at radius 1 is 1.47 bits per heavy atom. The van der Waals surface area contributed by atoms with Crippen molar-refractivity contribution in [1.82, 2.24) is 5.32 Å². The van der Waals surface area contributed by atoms with Gasteiger partial charge in [-0.2, -0.15) is 11.8 Å². The van der Waals surface area contributed by atoms with E-state index in [1.54, 1.807) is 7.11 Å². The van der Waals surface area contributed by atoms with Crippen LogP contribution >= 0.6 is 11.8 Å². The Morgan fingerprint density at radius 3 is 3.16 bits per heavy atom. The Morgan fingerprint density at radius 2 is 2.37 bits per heavy atom. The van der Waals surface area contributed by atoms with Crippen LogP contribution in [0.1, 0.15) is 23.6 Å². The molecule has 0 aromatic heterocycles. The first kappa shape index (κ1) is 13.4. The third-order valence-corrected chi connectivity index (χ3v) is 5.23. The fourth-order valence-corrected chi connectivity index (χ4v) is 3.96. The van der Waals surface area contributed by atoms with Crippen LogP contribution in [-0.4, -0.2) is 38.2 Å². The Bertz CT molecular complexity index is 432. The standard InChI is InChI=1S/C15H21NO2S/c1-17-15(6-7-18-11-15)10-16-14-9-19-8-12-4-2-3-5-13(12)14/h2-5,14,16H,6-11H2,1H3. The predicted molar refractivity (Wildman–Crippen MR) is 78.5 cm³/mol. The monoisotopic (exact) mass is 279 g/mol. The van der Waals surface area contributed by atoms with E-state index in [4.69, 9.17) is 9.47 Å². The number of fused-ring (bicyclic) bond motifs is 1. The molecular formula is C15H21NO2S. The highest BCUT2D eigenvalue weighted by Gasteiger charge is 2.35. The molecule has 2 heterocycles. The molecule has 1 aromatic rings. The molecule has 104 valence electrons. The van der Waals surface area contributed by atoms with Crippen molar-refractivity contribution in [3.8, 4) is 0 Å². The zero-order valence-electron chi connectivity index (χ0n) is 11.4. The van der Waals surface area contributed by atoms with Crippen LogP contribution in [0, 0.1) is 0 Å². The highest BCUT2D eigenvalue weighted by molar-refractivity contribution is 7.98. The highest BCUT2D eigenvalue weighted by atomic mass is 32.2. The normalized spacial score (nSPS) is 30.3. The molecule has 1 N–H and O–H groups in total. The van der Waals surface area contributed by atoms with Crippen molar-refractivity contribution in [3.63, 3.8) is 0 Å². The van der Waals surface area contributed by atoms with Crippen molar-refractivity contribution < 1.29 is 9.47 Å². The number of methoxy groups -OCH3 is 1. The minimum Gasteiger partial charge on any atom is -0.378 e. The first-order valence-corrected chi connectivity index (χ1v) is 8.00. The molecule has 3 nitrogen and oxygen atoms in total. The van der Waals surface area contributed by atoms with Crippen molar-refractivity contribution in [2.24, 2.45) is 0 Å². The Balaban J connectivity index is 1.68. The molecule has 3 rings (SSSR count). The second-order valence-electron chi connectivity index (χ2n) is 5.34. The van der Waals surface area contributed by atoms with Gasteiger partial charge >= 0.3 is 0 Å². The summed E-state index contributed by atoms with van der Waals surface area (Å²) in [6.45, 7) is 2.38. The molecule has 0 spiro atoms. The van der Waals surface area contributed by atoms with Gasteiger partial charge in [0.1, 0.15) is 5.60 Å². The molecule has 1 fully saturated rings. The minimum atomic E-state index is -0.128. The molecule has 1 aromatic carbocycles. The summed E-state index contributed by atoms with van der Waals surface area (Å²) in [5.74, 6) is 2.27. The number of nitrogens with one attached hydrogen (secondary N) is 1. The van der Waals surface area contributed by atoms with E-state index >= 15 is 0 Å². The molecule has 2 aliphatic rings. The maximum absolute atomic E-state index is 5.68. The lowest BCUT2D eigenvalue weighted by Gasteiger charge is -2.31. The lowest BCUT2D eigenvalue weighted by atomic mass is 9.99. The van der Waals surface area contributed by atoms with Gasteiger partial charge in [0, 0.05) is 44.2 Å². The van der Waals surface area contributed by atoms with E-state index in [-0.39, 0.29) is 5.60 Å². The van der Waals surface area contributed by atoms with Crippen LogP contribution in [-0.2, 0) is 15.2 Å². The number of rotatable bonds is 4. The van der Waals surface area contributed by atoms with E-state index in [0.717, 1.165) is 31.1 Å². The van der Waals surface area contributed by atoms with Gasteiger partial charge in [-0.15, -0.1) is 0 Å². The van der Waals surface area contributed by atoms with Crippen LogP contribution in [0.2, 0.25) is 0 Å². The van der Waals surface area contributed by atoms with Crippen LogP contribution in [0.25, 0.3) is 0 Å². The van der Waals surface area contributed by atoms with Gasteiger partial charge in [0.2, 0.25) is 0 Å².